The Kier molecular flexibility index (Phi) is 3.93. The highest BCUT2D eigenvalue weighted by molar-refractivity contribution is 6.04. The molecule has 2 aromatic rings. The molecule has 108 valence electrons. The van der Waals surface area contributed by atoms with E-state index >= 15 is 0 Å². The van der Waals surface area contributed by atoms with Gasteiger partial charge < -0.3 is 14.9 Å². The van der Waals surface area contributed by atoms with Crippen molar-refractivity contribution in [3.05, 3.63) is 58.7 Å². The highest BCUT2D eigenvalue weighted by atomic mass is 16.6. The second-order valence-electron chi connectivity index (χ2n) is 4.72. The molecule has 5 nitrogen and oxygen atoms in total. The van der Waals surface area contributed by atoms with Crippen LogP contribution in [0.25, 0.3) is 0 Å². The first kappa shape index (κ1) is 14.6. The van der Waals surface area contributed by atoms with Crippen LogP contribution in [0.5, 0.6) is 11.5 Å². The molecule has 2 rings (SSSR count). The van der Waals surface area contributed by atoms with Crippen LogP contribution >= 0.6 is 0 Å². The molecule has 0 aliphatic carbocycles. The van der Waals surface area contributed by atoms with Gasteiger partial charge in [-0.05, 0) is 49.2 Å². The molecule has 0 heterocycles. The molecular weight excluding hydrogens is 272 g/mol. The molecule has 0 bridgehead atoms. The molecule has 0 unspecified atom stereocenters. The van der Waals surface area contributed by atoms with Crippen LogP contribution in [0.3, 0.4) is 0 Å². The van der Waals surface area contributed by atoms with Crippen molar-refractivity contribution in [1.29, 1.82) is 0 Å². The van der Waals surface area contributed by atoms with Crippen molar-refractivity contribution in [2.75, 3.05) is 0 Å². The molecule has 0 spiro atoms. The molecule has 2 N–H and O–H groups in total. The van der Waals surface area contributed by atoms with Gasteiger partial charge in [-0.1, -0.05) is 12.1 Å². The summed E-state index contributed by atoms with van der Waals surface area (Å²) in [6, 6.07) is 8.76. The van der Waals surface area contributed by atoms with Gasteiger partial charge >= 0.3 is 11.9 Å². The highest BCUT2D eigenvalue weighted by Gasteiger charge is 2.20. The fourth-order valence-corrected chi connectivity index (χ4v) is 1.82. The van der Waals surface area contributed by atoms with Crippen molar-refractivity contribution >= 4 is 11.9 Å². The normalized spacial score (nSPS) is 10.2. The number of phenolic OH excluding ortho intramolecular Hbond substituents is 2. The summed E-state index contributed by atoms with van der Waals surface area (Å²) in [5, 5.41) is 19.3. The third-order valence-electron chi connectivity index (χ3n) is 2.93. The van der Waals surface area contributed by atoms with Crippen molar-refractivity contribution in [2.24, 2.45) is 0 Å². The molecule has 2 aromatic carbocycles. The maximum Gasteiger partial charge on any atom is 0.349 e. The van der Waals surface area contributed by atoms with E-state index in [1.165, 1.54) is 24.3 Å². The molecule has 0 atom stereocenters. The molecule has 0 amide bonds. The Morgan fingerprint density at radius 2 is 1.19 bits per heavy atom. The lowest BCUT2D eigenvalue weighted by Crippen LogP contribution is -2.13. The van der Waals surface area contributed by atoms with Gasteiger partial charge in [-0.15, -0.1) is 0 Å². The lowest BCUT2D eigenvalue weighted by atomic mass is 10.1. The Labute approximate surface area is 121 Å². The number of carbonyl (C=O) groups excluding carboxylic acids is 2. The third-order valence-corrected chi connectivity index (χ3v) is 2.93. The number of rotatable bonds is 2. The van der Waals surface area contributed by atoms with Crippen LogP contribution < -0.4 is 0 Å². The standard InChI is InChI=1S/C16H14O5/c1-9-3-5-11(13(17)7-9)15(19)21-16(20)12-6-4-10(2)8-14(12)18/h3-8,17-18H,1-2H3. The highest BCUT2D eigenvalue weighted by Crippen LogP contribution is 2.22. The monoisotopic (exact) mass is 286 g/mol. The molecule has 0 fully saturated rings. The summed E-state index contributed by atoms with van der Waals surface area (Å²) in [5.74, 6) is -2.48. The molecule has 0 saturated carbocycles. The summed E-state index contributed by atoms with van der Waals surface area (Å²) >= 11 is 0. The van der Waals surface area contributed by atoms with Crippen LogP contribution in [-0.4, -0.2) is 22.2 Å². The summed E-state index contributed by atoms with van der Waals surface area (Å²) in [7, 11) is 0. The van der Waals surface area contributed by atoms with Crippen LogP contribution in [0.2, 0.25) is 0 Å². The Morgan fingerprint density at radius 3 is 1.52 bits per heavy atom. The minimum absolute atomic E-state index is 0.111. The van der Waals surface area contributed by atoms with Crippen molar-refractivity contribution in [3.8, 4) is 11.5 Å². The molecule has 0 aromatic heterocycles. The van der Waals surface area contributed by atoms with Crippen LogP contribution in [-0.2, 0) is 4.74 Å². The van der Waals surface area contributed by atoms with E-state index in [-0.39, 0.29) is 22.6 Å². The van der Waals surface area contributed by atoms with E-state index in [0.717, 1.165) is 11.1 Å². The van der Waals surface area contributed by atoms with E-state index in [2.05, 4.69) is 4.74 Å². The largest absolute Gasteiger partial charge is 0.507 e. The second-order valence-corrected chi connectivity index (χ2v) is 4.72. The summed E-state index contributed by atoms with van der Waals surface area (Å²) in [6.45, 7) is 3.51. The van der Waals surface area contributed by atoms with Gasteiger partial charge in [0.15, 0.2) is 0 Å². The number of phenols is 2. The maximum atomic E-state index is 11.9. The lowest BCUT2D eigenvalue weighted by Gasteiger charge is -2.07. The first-order valence-electron chi connectivity index (χ1n) is 6.24. The number of benzene rings is 2. The molecule has 0 aliphatic rings. The summed E-state index contributed by atoms with van der Waals surface area (Å²) in [4.78, 5) is 23.7. The number of hydrogen-bond donors (Lipinski definition) is 2. The average molecular weight is 286 g/mol. The Balaban J connectivity index is 2.21. The third kappa shape index (κ3) is 3.20. The Bertz CT molecular complexity index is 657. The Morgan fingerprint density at radius 1 is 0.810 bits per heavy atom. The molecule has 5 heteroatoms. The zero-order valence-electron chi connectivity index (χ0n) is 11.6. The van der Waals surface area contributed by atoms with E-state index in [4.69, 9.17) is 0 Å². The Hall–Kier alpha value is -2.82. The van der Waals surface area contributed by atoms with Gasteiger partial charge in [0.2, 0.25) is 0 Å². The van der Waals surface area contributed by atoms with Gasteiger partial charge in [0.25, 0.3) is 0 Å². The van der Waals surface area contributed by atoms with Crippen molar-refractivity contribution in [2.45, 2.75) is 13.8 Å². The van der Waals surface area contributed by atoms with Gasteiger partial charge in [0.05, 0.1) is 0 Å². The van der Waals surface area contributed by atoms with Crippen molar-refractivity contribution < 1.29 is 24.5 Å². The molecule has 0 radical (unpaired) electrons. The minimum Gasteiger partial charge on any atom is -0.507 e. The first-order chi connectivity index (χ1) is 9.88. The van der Waals surface area contributed by atoms with Gasteiger partial charge in [0.1, 0.15) is 22.6 Å². The van der Waals surface area contributed by atoms with Gasteiger partial charge in [-0.3, -0.25) is 0 Å². The van der Waals surface area contributed by atoms with Crippen LogP contribution in [0.1, 0.15) is 31.8 Å². The predicted octanol–water partition coefficient (Wildman–Crippen LogP) is 2.71. The zero-order chi connectivity index (χ0) is 15.6. The fraction of sp³-hybridized carbons (Fsp3) is 0.125. The van der Waals surface area contributed by atoms with E-state index < -0.39 is 11.9 Å². The average Bonchev–Trinajstić information content (AvgIpc) is 2.37. The zero-order valence-corrected chi connectivity index (χ0v) is 11.6. The predicted molar refractivity (Wildman–Crippen MR) is 75.4 cm³/mol. The number of aryl methyl sites for hydroxylation is 2. The fourth-order valence-electron chi connectivity index (χ4n) is 1.82. The smallest absolute Gasteiger partial charge is 0.349 e. The van der Waals surface area contributed by atoms with E-state index in [1.807, 2.05) is 0 Å². The van der Waals surface area contributed by atoms with Crippen LogP contribution in [0.4, 0.5) is 0 Å². The van der Waals surface area contributed by atoms with Gasteiger partial charge in [-0.2, -0.15) is 0 Å². The number of carbonyl (C=O) groups is 2. The van der Waals surface area contributed by atoms with Crippen molar-refractivity contribution in [3.63, 3.8) is 0 Å². The minimum atomic E-state index is -0.975. The number of aromatic hydroxyl groups is 2. The molecular formula is C16H14O5. The number of esters is 2. The summed E-state index contributed by atoms with van der Waals surface area (Å²) in [5.41, 5.74) is 1.32. The van der Waals surface area contributed by atoms with Crippen molar-refractivity contribution in [1.82, 2.24) is 0 Å². The molecule has 0 saturated heterocycles. The maximum absolute atomic E-state index is 11.9. The first-order valence-corrected chi connectivity index (χ1v) is 6.24. The quantitative estimate of drug-likeness (QED) is 0.655. The number of hydrogen-bond acceptors (Lipinski definition) is 5. The molecule has 21 heavy (non-hydrogen) atoms. The SMILES string of the molecule is Cc1ccc(C(=O)OC(=O)c2ccc(C)cc2O)c(O)c1. The topological polar surface area (TPSA) is 83.8 Å². The second kappa shape index (κ2) is 5.66. The van der Waals surface area contributed by atoms with Gasteiger partial charge in [-0.25, -0.2) is 9.59 Å². The van der Waals surface area contributed by atoms with Crippen LogP contribution in [0, 0.1) is 13.8 Å². The van der Waals surface area contributed by atoms with Crippen LogP contribution in [0.15, 0.2) is 36.4 Å². The van der Waals surface area contributed by atoms with Gasteiger partial charge in [0, 0.05) is 0 Å². The summed E-state index contributed by atoms with van der Waals surface area (Å²) < 4.78 is 4.67. The molecule has 0 aliphatic heterocycles. The number of ether oxygens (including phenoxy) is 1. The van der Waals surface area contributed by atoms with E-state index in [0.29, 0.717) is 0 Å². The van der Waals surface area contributed by atoms with E-state index in [9.17, 15) is 19.8 Å². The van der Waals surface area contributed by atoms with E-state index in [1.54, 1.807) is 26.0 Å². The summed E-state index contributed by atoms with van der Waals surface area (Å²) in [6.07, 6.45) is 0. The lowest BCUT2D eigenvalue weighted by molar-refractivity contribution is 0.0394.